The number of nitrogens with zero attached hydrogens (tertiary/aromatic N) is 6. The van der Waals surface area contributed by atoms with Gasteiger partial charge >= 0.3 is 0 Å². The number of nitrogens with one attached hydrogen (secondary N) is 2. The minimum Gasteiger partial charge on any atom is -0.342 e. The predicted molar refractivity (Wildman–Crippen MR) is 276 cm³/mol. The van der Waals surface area contributed by atoms with Gasteiger partial charge in [0.15, 0.2) is 0 Å². The molecule has 73 heavy (non-hydrogen) atoms. The van der Waals surface area contributed by atoms with Crippen LogP contribution in [-0.4, -0.2) is 153 Å². The average Bonchev–Trinajstić information content (AvgIpc) is 4.28. The summed E-state index contributed by atoms with van der Waals surface area (Å²) in [5.41, 5.74) is 1.42. The van der Waals surface area contributed by atoms with Crippen LogP contribution in [0.4, 0.5) is 8.78 Å². The maximum absolute atomic E-state index is 16.3. The van der Waals surface area contributed by atoms with Gasteiger partial charge in [-0.2, -0.15) is 16.9 Å². The molecule has 6 fully saturated rings. The zero-order valence-corrected chi connectivity index (χ0v) is 42.5. The summed E-state index contributed by atoms with van der Waals surface area (Å²) < 4.78 is 31.4. The number of thioether (sulfide) groups is 1. The van der Waals surface area contributed by atoms with Gasteiger partial charge in [-0.15, -0.1) is 0 Å². The lowest BCUT2D eigenvalue weighted by Crippen LogP contribution is -2.54. The fourth-order valence-corrected chi connectivity index (χ4v) is 13.5. The first-order chi connectivity index (χ1) is 35.5. The van der Waals surface area contributed by atoms with Crippen molar-refractivity contribution in [2.75, 3.05) is 72.0 Å². The number of carbonyl (C=O) groups is 5. The van der Waals surface area contributed by atoms with Gasteiger partial charge in [-0.25, -0.2) is 13.9 Å². The molecule has 0 bridgehead atoms. The highest BCUT2D eigenvalue weighted by Gasteiger charge is 2.39. The number of H-pyrrole nitrogens is 1. The number of amides is 5. The number of likely N-dealkylation sites (tertiary alicyclic amines) is 3. The largest absolute Gasteiger partial charge is 0.342 e. The minimum atomic E-state index is -0.714. The molecule has 6 aliphatic rings. The van der Waals surface area contributed by atoms with Crippen molar-refractivity contribution in [2.45, 2.75) is 112 Å². The van der Waals surface area contributed by atoms with E-state index in [4.69, 9.17) is 0 Å². The number of hydrogen-bond donors (Lipinski definition) is 2. The number of aromatic nitrogens is 2. The number of hydrogen-bond acceptors (Lipinski definition) is 9. The Morgan fingerprint density at radius 3 is 2.11 bits per heavy atom. The van der Waals surface area contributed by atoms with Gasteiger partial charge in [0.1, 0.15) is 17.7 Å². The number of carbonyl (C=O) groups excluding carboxylic acids is 5. The van der Waals surface area contributed by atoms with Crippen LogP contribution in [0, 0.1) is 23.5 Å². The maximum Gasteiger partial charge on any atom is 0.272 e. The van der Waals surface area contributed by atoms with E-state index in [9.17, 15) is 28.8 Å². The zero-order valence-electron chi connectivity index (χ0n) is 41.7. The summed E-state index contributed by atoms with van der Waals surface area (Å²) in [6.07, 6.45) is 12.1. The van der Waals surface area contributed by atoms with E-state index >= 15 is 8.78 Å². The fourth-order valence-electron chi connectivity index (χ4n) is 12.0. The van der Waals surface area contributed by atoms with Crippen LogP contribution >= 0.6 is 11.8 Å². The fraction of sp³-hybridized carbons (Fsp3) is 0.554. The second-order valence-corrected chi connectivity index (χ2v) is 22.9. The monoisotopic (exact) mass is 1020 g/mol. The van der Waals surface area contributed by atoms with Crippen LogP contribution in [0.2, 0.25) is 0 Å². The predicted octanol–water partition coefficient (Wildman–Crippen LogP) is 6.76. The number of aromatic amines is 1. The first kappa shape index (κ1) is 50.8. The molecule has 14 nitrogen and oxygen atoms in total. The van der Waals surface area contributed by atoms with Gasteiger partial charge in [0.05, 0.1) is 28.8 Å². The van der Waals surface area contributed by atoms with Crippen molar-refractivity contribution in [2.24, 2.45) is 11.8 Å². The molecule has 4 aliphatic heterocycles. The molecule has 2 N–H and O–H groups in total. The smallest absolute Gasteiger partial charge is 0.272 e. The Morgan fingerprint density at radius 1 is 0.685 bits per heavy atom. The molecule has 2 aliphatic carbocycles. The molecule has 2 unspecified atom stereocenters. The summed E-state index contributed by atoms with van der Waals surface area (Å²) in [6.45, 7) is 5.66. The highest BCUT2D eigenvalue weighted by molar-refractivity contribution is 8.00. The third kappa shape index (κ3) is 11.8. The standard InChI is InChI=1S/C56H68F2N8O6S/c57-47-18-15-36(33-48-43-11-4-5-12-44(43)53(69)61-60-48)32-46(47)55(71)65-30-28-63(29-31-65)49(67)35-62-24-19-40(20-25-62)73-41-21-26-64(27-22-41)56(72)51(37-8-2-1-3-9-37)59-52(68)45-14-6-13-42(50(45)58)39-10-7-23-66(34-39)54(70)38-16-17-38/h4-6,11-15,18,32,37-41,51H,1-3,7-10,16-17,19-31,33-35H2,(H,59,68)(H,61,69). The van der Waals surface area contributed by atoms with Crippen LogP contribution in [-0.2, 0) is 20.8 Å². The molecule has 3 aromatic carbocycles. The van der Waals surface area contributed by atoms with Crippen LogP contribution in [0.1, 0.15) is 127 Å². The Bertz CT molecular complexity index is 2740. The number of halogens is 2. The highest BCUT2D eigenvalue weighted by atomic mass is 32.2. The summed E-state index contributed by atoms with van der Waals surface area (Å²) in [6, 6.07) is 15.9. The van der Waals surface area contributed by atoms with Gasteiger partial charge in [0.25, 0.3) is 17.4 Å². The molecule has 4 saturated heterocycles. The molecule has 0 spiro atoms. The summed E-state index contributed by atoms with van der Waals surface area (Å²) in [5.74, 6) is -2.08. The molecule has 10 rings (SSSR count). The zero-order chi connectivity index (χ0) is 50.6. The van der Waals surface area contributed by atoms with Crippen molar-refractivity contribution < 1.29 is 32.8 Å². The lowest BCUT2D eigenvalue weighted by molar-refractivity contribution is -0.136. The average molecular weight is 1020 g/mol. The van der Waals surface area contributed by atoms with Crippen molar-refractivity contribution in [1.29, 1.82) is 0 Å². The number of rotatable bonds is 13. The van der Waals surface area contributed by atoms with Crippen molar-refractivity contribution in [1.82, 2.24) is 40.0 Å². The van der Waals surface area contributed by atoms with E-state index in [1.165, 1.54) is 12.1 Å². The first-order valence-electron chi connectivity index (χ1n) is 26.8. The summed E-state index contributed by atoms with van der Waals surface area (Å²) in [7, 11) is 0. The van der Waals surface area contributed by atoms with E-state index in [1.807, 2.05) is 33.7 Å². The van der Waals surface area contributed by atoms with Crippen LogP contribution in [0.25, 0.3) is 10.8 Å². The van der Waals surface area contributed by atoms with E-state index < -0.39 is 29.5 Å². The van der Waals surface area contributed by atoms with E-state index in [0.29, 0.717) is 103 Å². The third-order valence-corrected chi connectivity index (χ3v) is 18.1. The maximum atomic E-state index is 16.3. The van der Waals surface area contributed by atoms with Gasteiger partial charge in [-0.1, -0.05) is 55.7 Å². The lowest BCUT2D eigenvalue weighted by Gasteiger charge is -2.39. The van der Waals surface area contributed by atoms with Crippen molar-refractivity contribution in [3.8, 4) is 0 Å². The van der Waals surface area contributed by atoms with Crippen molar-refractivity contribution >= 4 is 52.1 Å². The van der Waals surface area contributed by atoms with Crippen LogP contribution in [0.15, 0.2) is 65.5 Å². The molecular formula is C56H68F2N8O6S. The molecule has 2 saturated carbocycles. The minimum absolute atomic E-state index is 0.00277. The summed E-state index contributed by atoms with van der Waals surface area (Å²) >= 11 is 2.00. The Balaban J connectivity index is 0.664. The summed E-state index contributed by atoms with van der Waals surface area (Å²) in [5, 5.41) is 11.9. The van der Waals surface area contributed by atoms with Crippen LogP contribution < -0.4 is 10.9 Å². The third-order valence-electron chi connectivity index (χ3n) is 16.4. The van der Waals surface area contributed by atoms with E-state index in [2.05, 4.69) is 20.4 Å². The van der Waals surface area contributed by atoms with E-state index in [0.717, 1.165) is 96.6 Å². The van der Waals surface area contributed by atoms with E-state index in [-0.39, 0.29) is 52.2 Å². The number of benzene rings is 3. The Labute approximate surface area is 430 Å². The lowest BCUT2D eigenvalue weighted by atomic mass is 9.83. The molecule has 1 aromatic heterocycles. The van der Waals surface area contributed by atoms with Crippen LogP contribution in [0.3, 0.4) is 0 Å². The van der Waals surface area contributed by atoms with Gasteiger partial charge in [-0.05, 0) is 119 Å². The normalized spacial score (nSPS) is 21.3. The molecule has 0 radical (unpaired) electrons. The number of piperidine rings is 3. The molecule has 17 heteroatoms. The van der Waals surface area contributed by atoms with Crippen molar-refractivity contribution in [3.05, 3.63) is 111 Å². The number of fused-ring (bicyclic) bond motifs is 1. The Hall–Kier alpha value is -5.68. The summed E-state index contributed by atoms with van der Waals surface area (Å²) in [4.78, 5) is 90.0. The van der Waals surface area contributed by atoms with Crippen LogP contribution in [0.5, 0.6) is 0 Å². The van der Waals surface area contributed by atoms with Gasteiger partial charge < -0.3 is 24.9 Å². The second-order valence-electron chi connectivity index (χ2n) is 21.3. The molecular weight excluding hydrogens is 951 g/mol. The van der Waals surface area contributed by atoms with Gasteiger partial charge in [0.2, 0.25) is 17.7 Å². The van der Waals surface area contributed by atoms with Crippen molar-refractivity contribution in [3.63, 3.8) is 0 Å². The second kappa shape index (κ2) is 22.8. The van der Waals surface area contributed by atoms with E-state index in [1.54, 1.807) is 46.2 Å². The quantitative estimate of drug-likeness (QED) is 0.148. The van der Waals surface area contributed by atoms with Gasteiger partial charge in [0, 0.05) is 86.5 Å². The first-order valence-corrected chi connectivity index (χ1v) is 27.8. The highest BCUT2D eigenvalue weighted by Crippen LogP contribution is 2.37. The molecule has 5 heterocycles. The molecule has 4 aromatic rings. The molecule has 5 amide bonds. The topological polar surface area (TPSA) is 159 Å². The number of piperazine rings is 1. The van der Waals surface area contributed by atoms with Gasteiger partial charge in [-0.3, -0.25) is 33.7 Å². The molecule has 2 atom stereocenters. The Morgan fingerprint density at radius 2 is 1.38 bits per heavy atom. The Kier molecular flexibility index (Phi) is 15.9. The molecule has 388 valence electrons. The SMILES string of the molecule is O=C(NC(C(=O)N1CCC(SC2CCN(CC(=O)N3CCN(C(=O)c4cc(Cc5n[nH]c(=O)c6ccccc56)ccc4F)CC3)CC2)CC1)C1CCCCC1)c1cccc(C2CCCN(C(=O)C3CC3)C2)c1F.